The van der Waals surface area contributed by atoms with Crippen LogP contribution in [0.1, 0.15) is 36.2 Å². The maximum Gasteiger partial charge on any atom is 0.416 e. The molecule has 2 aromatic heterocycles. The highest BCUT2D eigenvalue weighted by Crippen LogP contribution is 2.35. The van der Waals surface area contributed by atoms with Gasteiger partial charge in [-0.3, -0.25) is 4.98 Å². The average molecular weight is 298 g/mol. The Morgan fingerprint density at radius 3 is 2.71 bits per heavy atom. The molecule has 1 unspecified atom stereocenters. The van der Waals surface area contributed by atoms with Gasteiger partial charge in [-0.15, -0.1) is 0 Å². The van der Waals surface area contributed by atoms with Gasteiger partial charge in [0.1, 0.15) is 0 Å². The molecule has 0 fully saturated rings. The van der Waals surface area contributed by atoms with E-state index in [1.807, 2.05) is 6.92 Å². The number of nitrogens with one attached hydrogen (secondary N) is 1. The second-order valence-electron chi connectivity index (χ2n) is 4.81. The lowest BCUT2D eigenvalue weighted by atomic mass is 10.00. The molecule has 2 aromatic rings. The summed E-state index contributed by atoms with van der Waals surface area (Å²) < 4.78 is 41.2. The van der Waals surface area contributed by atoms with E-state index in [0.717, 1.165) is 18.7 Å². The standard InChI is InChI=1S/C14H17F3N4/c1-3-5-19-13(12-8-21(2)9-20-12)10-7-18-6-4-11(10)14(15,16)17/h4,6-9,13,19H,3,5H2,1-2H3. The van der Waals surface area contributed by atoms with Crippen molar-refractivity contribution in [3.05, 3.63) is 47.8 Å². The molecule has 0 saturated heterocycles. The Bertz CT molecular complexity index is 592. The van der Waals surface area contributed by atoms with Crippen LogP contribution in [-0.4, -0.2) is 21.1 Å². The van der Waals surface area contributed by atoms with Crippen LogP contribution < -0.4 is 5.32 Å². The molecule has 2 heterocycles. The number of aryl methyl sites for hydroxylation is 1. The van der Waals surface area contributed by atoms with E-state index in [9.17, 15) is 13.2 Å². The number of nitrogens with zero attached hydrogens (tertiary/aromatic N) is 3. The normalized spacial score (nSPS) is 13.4. The Morgan fingerprint density at radius 1 is 1.38 bits per heavy atom. The minimum absolute atomic E-state index is 0.0946. The van der Waals surface area contributed by atoms with Gasteiger partial charge in [-0.05, 0) is 19.0 Å². The third-order valence-corrected chi connectivity index (χ3v) is 3.09. The highest BCUT2D eigenvalue weighted by molar-refractivity contribution is 5.34. The van der Waals surface area contributed by atoms with Crippen LogP contribution in [0.15, 0.2) is 31.0 Å². The first-order valence-corrected chi connectivity index (χ1v) is 6.65. The van der Waals surface area contributed by atoms with Crippen molar-refractivity contribution in [3.8, 4) is 0 Å². The third kappa shape index (κ3) is 3.60. The summed E-state index contributed by atoms with van der Waals surface area (Å²) in [6, 6.07) is 0.371. The highest BCUT2D eigenvalue weighted by atomic mass is 19.4. The Balaban J connectivity index is 2.46. The second-order valence-corrected chi connectivity index (χ2v) is 4.81. The molecular weight excluding hydrogens is 281 g/mol. The molecule has 0 aliphatic heterocycles. The molecule has 0 spiro atoms. The van der Waals surface area contributed by atoms with Crippen LogP contribution in [0.2, 0.25) is 0 Å². The zero-order valence-corrected chi connectivity index (χ0v) is 11.9. The van der Waals surface area contributed by atoms with Gasteiger partial charge in [-0.1, -0.05) is 6.92 Å². The van der Waals surface area contributed by atoms with Crippen molar-refractivity contribution in [2.75, 3.05) is 6.54 Å². The Kier molecular flexibility index (Phi) is 4.62. The van der Waals surface area contributed by atoms with E-state index in [0.29, 0.717) is 12.2 Å². The molecular formula is C14H17F3N4. The maximum absolute atomic E-state index is 13.2. The molecule has 2 rings (SSSR count). The lowest BCUT2D eigenvalue weighted by Gasteiger charge is -2.21. The summed E-state index contributed by atoms with van der Waals surface area (Å²) in [7, 11) is 1.78. The van der Waals surface area contributed by atoms with Crippen molar-refractivity contribution in [2.45, 2.75) is 25.6 Å². The number of hydrogen-bond donors (Lipinski definition) is 1. The Hall–Kier alpha value is -1.89. The van der Waals surface area contributed by atoms with Gasteiger partial charge in [0.25, 0.3) is 0 Å². The fourth-order valence-corrected chi connectivity index (χ4v) is 2.14. The van der Waals surface area contributed by atoms with Gasteiger partial charge in [0, 0.05) is 31.2 Å². The molecule has 0 aromatic carbocycles. The zero-order valence-electron chi connectivity index (χ0n) is 11.9. The number of imidazole rings is 1. The van der Waals surface area contributed by atoms with Gasteiger partial charge in [0.2, 0.25) is 0 Å². The van der Waals surface area contributed by atoms with Crippen molar-refractivity contribution in [3.63, 3.8) is 0 Å². The summed E-state index contributed by atoms with van der Waals surface area (Å²) in [5.74, 6) is 0. The van der Waals surface area contributed by atoms with E-state index < -0.39 is 17.8 Å². The predicted octanol–water partition coefficient (Wildman–Crippen LogP) is 2.92. The molecule has 7 heteroatoms. The topological polar surface area (TPSA) is 42.7 Å². The van der Waals surface area contributed by atoms with Gasteiger partial charge < -0.3 is 9.88 Å². The fraction of sp³-hybridized carbons (Fsp3) is 0.429. The van der Waals surface area contributed by atoms with Crippen LogP contribution in [0, 0.1) is 0 Å². The molecule has 1 atom stereocenters. The SMILES string of the molecule is CCCNC(c1cn(C)cn1)c1cnccc1C(F)(F)F. The molecule has 21 heavy (non-hydrogen) atoms. The molecule has 0 saturated carbocycles. The number of halogens is 3. The minimum Gasteiger partial charge on any atom is -0.340 e. The highest BCUT2D eigenvalue weighted by Gasteiger charge is 2.36. The van der Waals surface area contributed by atoms with Gasteiger partial charge in [-0.25, -0.2) is 4.98 Å². The van der Waals surface area contributed by atoms with Crippen molar-refractivity contribution >= 4 is 0 Å². The van der Waals surface area contributed by atoms with Crippen LogP contribution in [0.4, 0.5) is 13.2 Å². The monoisotopic (exact) mass is 298 g/mol. The largest absolute Gasteiger partial charge is 0.416 e. The minimum atomic E-state index is -4.42. The lowest BCUT2D eigenvalue weighted by Crippen LogP contribution is -2.26. The first-order chi connectivity index (χ1) is 9.93. The van der Waals surface area contributed by atoms with E-state index in [1.54, 1.807) is 24.1 Å². The number of hydrogen-bond acceptors (Lipinski definition) is 3. The first kappa shape index (κ1) is 15.5. The fourth-order valence-electron chi connectivity index (χ4n) is 2.14. The average Bonchev–Trinajstić information content (AvgIpc) is 2.85. The van der Waals surface area contributed by atoms with Gasteiger partial charge in [-0.2, -0.15) is 13.2 Å². The number of aromatic nitrogens is 3. The van der Waals surface area contributed by atoms with Gasteiger partial charge in [0.15, 0.2) is 0 Å². The van der Waals surface area contributed by atoms with Crippen LogP contribution in [0.25, 0.3) is 0 Å². The maximum atomic E-state index is 13.2. The van der Waals surface area contributed by atoms with Crippen molar-refractivity contribution in [1.82, 2.24) is 19.9 Å². The van der Waals surface area contributed by atoms with Crippen LogP contribution in [-0.2, 0) is 13.2 Å². The molecule has 0 radical (unpaired) electrons. The van der Waals surface area contributed by atoms with E-state index in [4.69, 9.17) is 0 Å². The lowest BCUT2D eigenvalue weighted by molar-refractivity contribution is -0.138. The van der Waals surface area contributed by atoms with E-state index in [-0.39, 0.29) is 5.56 Å². The van der Waals surface area contributed by atoms with Crippen LogP contribution >= 0.6 is 0 Å². The van der Waals surface area contributed by atoms with Crippen molar-refractivity contribution in [2.24, 2.45) is 7.05 Å². The molecule has 0 aliphatic carbocycles. The van der Waals surface area contributed by atoms with E-state index in [1.165, 1.54) is 6.20 Å². The summed E-state index contributed by atoms with van der Waals surface area (Å²) in [6.45, 7) is 2.55. The summed E-state index contributed by atoms with van der Waals surface area (Å²) in [5.41, 5.74) is -0.0432. The van der Waals surface area contributed by atoms with Gasteiger partial charge in [0.05, 0.1) is 23.6 Å². The van der Waals surface area contributed by atoms with Crippen molar-refractivity contribution < 1.29 is 13.2 Å². The number of pyridine rings is 1. The summed E-state index contributed by atoms with van der Waals surface area (Å²) in [4.78, 5) is 8.02. The van der Waals surface area contributed by atoms with E-state index >= 15 is 0 Å². The quantitative estimate of drug-likeness (QED) is 0.923. The van der Waals surface area contributed by atoms with Crippen LogP contribution in [0.3, 0.4) is 0 Å². The second kappa shape index (κ2) is 6.26. The van der Waals surface area contributed by atoms with Gasteiger partial charge >= 0.3 is 6.18 Å². The number of alkyl halides is 3. The molecule has 0 aliphatic rings. The summed E-state index contributed by atoms with van der Waals surface area (Å²) >= 11 is 0. The molecule has 0 bridgehead atoms. The van der Waals surface area contributed by atoms with E-state index in [2.05, 4.69) is 15.3 Å². The Morgan fingerprint density at radius 2 is 2.14 bits per heavy atom. The summed E-state index contributed by atoms with van der Waals surface area (Å²) in [6.07, 6.45) is 2.08. The van der Waals surface area contributed by atoms with Crippen molar-refractivity contribution in [1.29, 1.82) is 0 Å². The summed E-state index contributed by atoms with van der Waals surface area (Å²) in [5, 5.41) is 3.11. The molecule has 114 valence electrons. The first-order valence-electron chi connectivity index (χ1n) is 6.65. The molecule has 4 nitrogen and oxygen atoms in total. The molecule has 1 N–H and O–H groups in total. The molecule has 0 amide bonds. The van der Waals surface area contributed by atoms with Crippen LogP contribution in [0.5, 0.6) is 0 Å². The predicted molar refractivity (Wildman–Crippen MR) is 72.6 cm³/mol. The Labute approximate surface area is 121 Å². The third-order valence-electron chi connectivity index (χ3n) is 3.09. The zero-order chi connectivity index (χ0) is 15.5. The number of rotatable bonds is 5. The smallest absolute Gasteiger partial charge is 0.340 e.